The number of rotatable bonds is 12. The Balaban J connectivity index is 0.000000309. The standard InChI is InChI=1S/C27H29NO4.C20H23NO4.CH3F/c1-27(2,3)32-26(30)28-24(25(29)31-19-21-10-6-4-7-11-21)18-20-14-16-23(17-15-20)22-12-8-5-9-13-22;1-20(2,3)25-19(24)21-17(18(22)23)13-14-9-11-16(12-10-14)15-7-5-4-6-8-15;1-2/h4-17,24H,18-19H2,1-3H3,(H,28,30);4-12,17H,13H2,1-3H3,(H,21,24)(H,22,23);1H3/t24-;17-;/m00./s1/i;;1D. The van der Waals surface area contributed by atoms with Gasteiger partial charge >= 0.3 is 24.1 Å². The largest absolute Gasteiger partial charge is 0.480 e. The van der Waals surface area contributed by atoms with Crippen LogP contribution in [0.25, 0.3) is 22.3 Å². The molecule has 59 heavy (non-hydrogen) atoms. The van der Waals surface area contributed by atoms with Gasteiger partial charge in [0.1, 0.15) is 29.9 Å². The number of hydrogen-bond donors (Lipinski definition) is 3. The van der Waals surface area contributed by atoms with Gasteiger partial charge in [-0.2, -0.15) is 0 Å². The van der Waals surface area contributed by atoms with Crippen molar-refractivity contribution in [3.05, 3.63) is 156 Å². The summed E-state index contributed by atoms with van der Waals surface area (Å²) in [6.45, 7) is 10.6. The minimum absolute atomic E-state index is 0.138. The molecule has 5 aromatic carbocycles. The lowest BCUT2D eigenvalue weighted by Crippen LogP contribution is -2.45. The van der Waals surface area contributed by atoms with E-state index in [1.165, 1.54) is 0 Å². The van der Waals surface area contributed by atoms with Crippen LogP contribution in [0.4, 0.5) is 14.0 Å². The molecular formula is C48H55FN2O8. The molecule has 0 spiro atoms. The van der Waals surface area contributed by atoms with Crippen molar-refractivity contribution in [2.75, 3.05) is 7.15 Å². The average Bonchev–Trinajstić information content (AvgIpc) is 3.20. The third-order valence-electron chi connectivity index (χ3n) is 8.19. The Hall–Kier alpha value is -6.49. The van der Waals surface area contributed by atoms with Gasteiger partial charge in [-0.05, 0) is 80.5 Å². The number of amides is 2. The molecule has 0 aliphatic heterocycles. The van der Waals surface area contributed by atoms with E-state index in [1.54, 1.807) is 41.5 Å². The normalized spacial score (nSPS) is 12.0. The number of esters is 1. The highest BCUT2D eigenvalue weighted by molar-refractivity contribution is 5.82. The SMILES string of the molecule is CC(C)(C)OC(=O)N[C@@H](Cc1ccc(-c2ccccc2)cc1)C(=O)O.CC(C)(C)OC(=O)N[C@@H](Cc1ccc(-c2ccccc2)cc1)C(=O)OCc1ccccc1.[2H]CF. The third kappa shape index (κ3) is 17.7. The van der Waals surface area contributed by atoms with E-state index in [4.69, 9.17) is 15.6 Å². The molecule has 0 unspecified atom stereocenters. The highest BCUT2D eigenvalue weighted by Crippen LogP contribution is 2.21. The lowest BCUT2D eigenvalue weighted by molar-refractivity contribution is -0.147. The first kappa shape index (κ1) is 45.2. The van der Waals surface area contributed by atoms with E-state index in [1.807, 2.05) is 140 Å². The van der Waals surface area contributed by atoms with E-state index in [0.29, 0.717) is 6.42 Å². The molecule has 2 amide bonds. The molecule has 5 aromatic rings. The number of benzene rings is 5. The van der Waals surface area contributed by atoms with Gasteiger partial charge in [0, 0.05) is 12.8 Å². The summed E-state index contributed by atoms with van der Waals surface area (Å²) in [4.78, 5) is 48.4. The maximum atomic E-state index is 12.8. The number of ether oxygens (including phenoxy) is 3. The predicted octanol–water partition coefficient (Wildman–Crippen LogP) is 9.99. The molecule has 0 saturated heterocycles. The molecule has 10 nitrogen and oxygen atoms in total. The fourth-order valence-corrected chi connectivity index (χ4v) is 5.52. The Kier molecular flexibility index (Phi) is 17.7. The first-order valence-corrected chi connectivity index (χ1v) is 19.0. The monoisotopic (exact) mass is 807 g/mol. The van der Waals surface area contributed by atoms with E-state index in [9.17, 15) is 28.7 Å². The lowest BCUT2D eigenvalue weighted by atomic mass is 10.0. The van der Waals surface area contributed by atoms with Gasteiger partial charge in [-0.15, -0.1) is 0 Å². The van der Waals surface area contributed by atoms with Gasteiger partial charge in [0.15, 0.2) is 0 Å². The number of carbonyl (C=O) groups excluding carboxylic acids is 3. The molecule has 0 aliphatic carbocycles. The van der Waals surface area contributed by atoms with Gasteiger partial charge in [0.05, 0.1) is 8.52 Å². The summed E-state index contributed by atoms with van der Waals surface area (Å²) < 4.78 is 31.4. The fourth-order valence-electron chi connectivity index (χ4n) is 5.52. The molecule has 0 fully saturated rings. The Morgan fingerprint density at radius 3 is 1.27 bits per heavy atom. The Bertz CT molecular complexity index is 2050. The van der Waals surface area contributed by atoms with E-state index >= 15 is 0 Å². The topological polar surface area (TPSA) is 140 Å². The predicted molar refractivity (Wildman–Crippen MR) is 228 cm³/mol. The Labute approximate surface area is 348 Å². The number of carbonyl (C=O) groups is 4. The second kappa shape index (κ2) is 23.0. The second-order valence-electron chi connectivity index (χ2n) is 15.4. The zero-order valence-corrected chi connectivity index (χ0v) is 34.4. The number of alkyl halides is 1. The molecule has 0 saturated carbocycles. The van der Waals surface area contributed by atoms with Gasteiger partial charge in [-0.25, -0.2) is 19.2 Å². The van der Waals surface area contributed by atoms with E-state index in [0.717, 1.165) is 38.9 Å². The quantitative estimate of drug-likeness (QED) is 0.0836. The molecule has 0 aliphatic rings. The molecule has 3 N–H and O–H groups in total. The highest BCUT2D eigenvalue weighted by atomic mass is 19.1. The summed E-state index contributed by atoms with van der Waals surface area (Å²) >= 11 is 0. The number of alkyl carbamates (subject to hydrolysis) is 2. The van der Waals surface area contributed by atoms with Crippen molar-refractivity contribution in [3.63, 3.8) is 0 Å². The lowest BCUT2D eigenvalue weighted by Gasteiger charge is -2.23. The van der Waals surface area contributed by atoms with Crippen LogP contribution >= 0.6 is 0 Å². The van der Waals surface area contributed by atoms with E-state index < -0.39 is 54.6 Å². The van der Waals surface area contributed by atoms with Gasteiger partial charge in [0.25, 0.3) is 0 Å². The molecule has 0 heterocycles. The van der Waals surface area contributed by atoms with Gasteiger partial charge in [0.2, 0.25) is 0 Å². The summed E-state index contributed by atoms with van der Waals surface area (Å²) in [5.74, 6) is -1.61. The van der Waals surface area contributed by atoms with Crippen LogP contribution in [0.1, 0.15) is 59.6 Å². The zero-order valence-electron chi connectivity index (χ0n) is 35.4. The maximum absolute atomic E-state index is 12.8. The van der Waals surface area contributed by atoms with Crippen LogP contribution < -0.4 is 10.6 Å². The van der Waals surface area contributed by atoms with Crippen LogP contribution in [0.2, 0.25) is 0 Å². The first-order valence-electron chi connectivity index (χ1n) is 19.7. The van der Waals surface area contributed by atoms with Crippen LogP contribution in [0, 0.1) is 0 Å². The molecule has 0 radical (unpaired) electrons. The van der Waals surface area contributed by atoms with Crippen LogP contribution in [0.3, 0.4) is 0 Å². The number of nitrogens with one attached hydrogen (secondary N) is 2. The molecule has 11 heteroatoms. The minimum Gasteiger partial charge on any atom is -0.480 e. The van der Waals surface area contributed by atoms with E-state index in [2.05, 4.69) is 10.6 Å². The summed E-state index contributed by atoms with van der Waals surface area (Å²) in [5.41, 5.74) is 5.61. The maximum Gasteiger partial charge on any atom is 0.408 e. The first-order chi connectivity index (χ1) is 28.5. The van der Waals surface area contributed by atoms with Crippen LogP contribution in [0.15, 0.2) is 140 Å². The van der Waals surface area contributed by atoms with Gasteiger partial charge in [-0.3, -0.25) is 4.39 Å². The van der Waals surface area contributed by atoms with Crippen LogP contribution in [-0.4, -0.2) is 59.7 Å². The van der Waals surface area contributed by atoms with E-state index in [-0.39, 0.29) is 13.0 Å². The number of aliphatic carboxylic acids is 1. The average molecular weight is 808 g/mol. The van der Waals surface area contributed by atoms with Gasteiger partial charge < -0.3 is 30.0 Å². The summed E-state index contributed by atoms with van der Waals surface area (Å²) in [7, 11) is -1.00. The summed E-state index contributed by atoms with van der Waals surface area (Å²) in [5, 5.41) is 14.4. The van der Waals surface area contributed by atoms with Gasteiger partial charge in [-0.1, -0.05) is 140 Å². The van der Waals surface area contributed by atoms with Crippen molar-refractivity contribution in [2.24, 2.45) is 0 Å². The minimum atomic E-state index is -1.10. The Morgan fingerprint density at radius 1 is 0.559 bits per heavy atom. The highest BCUT2D eigenvalue weighted by Gasteiger charge is 2.27. The number of carboxylic acids is 1. The number of carboxylic acid groups (broad SMARTS) is 1. The number of hydrogen-bond acceptors (Lipinski definition) is 7. The van der Waals surface area contributed by atoms with Crippen molar-refractivity contribution in [1.29, 1.82) is 0 Å². The second-order valence-corrected chi connectivity index (χ2v) is 15.4. The van der Waals surface area contributed by atoms with Crippen LogP contribution in [-0.2, 0) is 43.2 Å². The van der Waals surface area contributed by atoms with Crippen LogP contribution in [0.5, 0.6) is 0 Å². The number of halogens is 1. The molecule has 0 bridgehead atoms. The van der Waals surface area contributed by atoms with Crippen molar-refractivity contribution in [2.45, 2.75) is 84.3 Å². The van der Waals surface area contributed by atoms with Crippen molar-refractivity contribution >= 4 is 24.1 Å². The Morgan fingerprint density at radius 2 is 0.898 bits per heavy atom. The molecule has 0 aromatic heterocycles. The fraction of sp³-hybridized carbons (Fsp3) is 0.292. The third-order valence-corrected chi connectivity index (χ3v) is 8.19. The zero-order chi connectivity index (χ0) is 44.1. The smallest absolute Gasteiger partial charge is 0.408 e. The summed E-state index contributed by atoms with van der Waals surface area (Å²) in [6, 6.07) is 43.0. The van der Waals surface area contributed by atoms with Crippen molar-refractivity contribution < 1.29 is 44.3 Å². The molecule has 2 atom stereocenters. The molecular weight excluding hydrogens is 752 g/mol. The van der Waals surface area contributed by atoms with Crippen molar-refractivity contribution in [3.8, 4) is 22.3 Å². The molecule has 5 rings (SSSR count). The summed E-state index contributed by atoms with van der Waals surface area (Å²) in [6.07, 6.45) is -0.910. The van der Waals surface area contributed by atoms with Crippen molar-refractivity contribution in [1.82, 2.24) is 10.6 Å². The molecule has 312 valence electrons.